The van der Waals surface area contributed by atoms with Gasteiger partial charge >= 0.3 is 0 Å². The van der Waals surface area contributed by atoms with Gasteiger partial charge in [-0.2, -0.15) is 0 Å². The molecule has 2 fully saturated rings. The average molecular weight is 318 g/mol. The van der Waals surface area contributed by atoms with Gasteiger partial charge in [0.25, 0.3) is 0 Å². The van der Waals surface area contributed by atoms with Crippen molar-refractivity contribution in [1.29, 1.82) is 0 Å². The largest absolute Gasteiger partial charge is 0.380 e. The molecule has 0 amide bonds. The molecule has 0 aromatic carbocycles. The van der Waals surface area contributed by atoms with E-state index in [1.54, 1.807) is 0 Å². The van der Waals surface area contributed by atoms with E-state index in [2.05, 4.69) is 16.7 Å². The molecule has 6 nitrogen and oxygen atoms in total. The molecule has 3 aliphatic heterocycles. The highest BCUT2D eigenvalue weighted by molar-refractivity contribution is 5.38. The van der Waals surface area contributed by atoms with Gasteiger partial charge in [0.1, 0.15) is 0 Å². The topological polar surface area (TPSA) is 50.7 Å². The number of hydrogen-bond donors (Lipinski definition) is 0. The van der Waals surface area contributed by atoms with E-state index in [1.165, 1.54) is 17.7 Å². The zero-order valence-corrected chi connectivity index (χ0v) is 14.0. The number of aryl methyl sites for hydroxylation is 1. The first kappa shape index (κ1) is 15.3. The maximum atomic E-state index is 5.56. The Morgan fingerprint density at radius 3 is 2.57 bits per heavy atom. The van der Waals surface area contributed by atoms with E-state index in [-0.39, 0.29) is 0 Å². The Kier molecular flexibility index (Phi) is 4.46. The van der Waals surface area contributed by atoms with E-state index in [1.807, 2.05) is 0 Å². The fraction of sp³-hybridized carbons (Fsp3) is 0.765. The summed E-state index contributed by atoms with van der Waals surface area (Å²) in [5.74, 6) is 0.891. The Morgan fingerprint density at radius 1 is 0.957 bits per heavy atom. The van der Waals surface area contributed by atoms with Crippen LogP contribution < -0.4 is 4.90 Å². The van der Waals surface area contributed by atoms with Crippen molar-refractivity contribution < 1.29 is 9.47 Å². The van der Waals surface area contributed by atoms with Gasteiger partial charge in [0.05, 0.1) is 25.5 Å². The maximum Gasteiger partial charge on any atom is 0.225 e. The van der Waals surface area contributed by atoms with Crippen molar-refractivity contribution in [2.45, 2.75) is 32.2 Å². The number of morpholine rings is 1. The van der Waals surface area contributed by atoms with Crippen molar-refractivity contribution in [2.75, 3.05) is 57.5 Å². The smallest absolute Gasteiger partial charge is 0.225 e. The lowest BCUT2D eigenvalue weighted by Gasteiger charge is -2.27. The molecule has 0 N–H and O–H groups in total. The van der Waals surface area contributed by atoms with E-state index in [0.717, 1.165) is 77.1 Å². The molecule has 0 radical (unpaired) electrons. The predicted molar refractivity (Wildman–Crippen MR) is 88.0 cm³/mol. The molecule has 126 valence electrons. The van der Waals surface area contributed by atoms with Gasteiger partial charge in [-0.05, 0) is 25.3 Å². The SMILES string of the molecule is Cc1nc(N2CCOCC2)nc2c1CCN(C1CCOC1)CC2. The third-order valence-electron chi connectivity index (χ3n) is 5.29. The molecule has 4 heterocycles. The second-order valence-electron chi connectivity index (χ2n) is 6.69. The third-order valence-corrected chi connectivity index (χ3v) is 5.29. The molecule has 0 saturated carbocycles. The normalized spacial score (nSPS) is 26.1. The average Bonchev–Trinajstić information content (AvgIpc) is 3.03. The predicted octanol–water partition coefficient (Wildman–Crippen LogP) is 0.811. The van der Waals surface area contributed by atoms with Crippen LogP contribution >= 0.6 is 0 Å². The first-order valence-electron chi connectivity index (χ1n) is 8.82. The molecule has 1 aromatic heterocycles. The zero-order chi connectivity index (χ0) is 15.6. The lowest BCUT2D eigenvalue weighted by molar-refractivity contribution is 0.122. The minimum atomic E-state index is 0.594. The Balaban J connectivity index is 1.53. The number of hydrogen-bond acceptors (Lipinski definition) is 6. The standard InChI is InChI=1S/C17H26N4O2/c1-13-15-2-5-20(14-4-9-23-12-14)6-3-16(15)19-17(18-13)21-7-10-22-11-8-21/h14H,2-12H2,1H3. The summed E-state index contributed by atoms with van der Waals surface area (Å²) in [6.45, 7) is 9.45. The first-order chi connectivity index (χ1) is 11.3. The van der Waals surface area contributed by atoms with E-state index in [9.17, 15) is 0 Å². The quantitative estimate of drug-likeness (QED) is 0.804. The van der Waals surface area contributed by atoms with Gasteiger partial charge in [0, 0.05) is 50.9 Å². The van der Waals surface area contributed by atoms with Crippen LogP contribution in [0.4, 0.5) is 5.95 Å². The van der Waals surface area contributed by atoms with Crippen molar-refractivity contribution in [3.63, 3.8) is 0 Å². The van der Waals surface area contributed by atoms with Crippen LogP contribution in [0.5, 0.6) is 0 Å². The highest BCUT2D eigenvalue weighted by Crippen LogP contribution is 2.23. The minimum absolute atomic E-state index is 0.594. The van der Waals surface area contributed by atoms with Crippen LogP contribution in [0.2, 0.25) is 0 Å². The summed E-state index contributed by atoms with van der Waals surface area (Å²) in [6.07, 6.45) is 3.24. The summed E-state index contributed by atoms with van der Waals surface area (Å²) in [6, 6.07) is 0.594. The summed E-state index contributed by atoms with van der Waals surface area (Å²) >= 11 is 0. The third kappa shape index (κ3) is 3.20. The van der Waals surface area contributed by atoms with E-state index < -0.39 is 0 Å². The molecule has 23 heavy (non-hydrogen) atoms. The molecule has 1 atom stereocenters. The van der Waals surface area contributed by atoms with Gasteiger partial charge in [-0.1, -0.05) is 0 Å². The molecule has 0 bridgehead atoms. The van der Waals surface area contributed by atoms with Crippen molar-refractivity contribution in [3.05, 3.63) is 17.0 Å². The monoisotopic (exact) mass is 318 g/mol. The molecule has 0 aliphatic carbocycles. The lowest BCUT2D eigenvalue weighted by Crippen LogP contribution is -2.37. The van der Waals surface area contributed by atoms with E-state index in [0.29, 0.717) is 6.04 Å². The van der Waals surface area contributed by atoms with Crippen LogP contribution in [0.15, 0.2) is 0 Å². The summed E-state index contributed by atoms with van der Waals surface area (Å²) in [5, 5.41) is 0. The minimum Gasteiger partial charge on any atom is -0.380 e. The van der Waals surface area contributed by atoms with Crippen LogP contribution in [-0.2, 0) is 22.3 Å². The maximum absolute atomic E-state index is 5.56. The molecule has 0 spiro atoms. The van der Waals surface area contributed by atoms with Crippen molar-refractivity contribution in [3.8, 4) is 0 Å². The second-order valence-corrected chi connectivity index (χ2v) is 6.69. The summed E-state index contributed by atoms with van der Waals surface area (Å²) in [5.41, 5.74) is 3.77. The summed E-state index contributed by atoms with van der Waals surface area (Å²) in [4.78, 5) is 14.6. The number of anilines is 1. The van der Waals surface area contributed by atoms with Crippen molar-refractivity contribution >= 4 is 5.95 Å². The Morgan fingerprint density at radius 2 is 1.78 bits per heavy atom. The molecule has 6 heteroatoms. The number of fused-ring (bicyclic) bond motifs is 1. The van der Waals surface area contributed by atoms with Gasteiger partial charge < -0.3 is 14.4 Å². The molecule has 1 unspecified atom stereocenters. The number of rotatable bonds is 2. The van der Waals surface area contributed by atoms with Crippen molar-refractivity contribution in [1.82, 2.24) is 14.9 Å². The first-order valence-corrected chi connectivity index (χ1v) is 8.82. The molecule has 3 aliphatic rings. The second kappa shape index (κ2) is 6.71. The Hall–Kier alpha value is -1.24. The van der Waals surface area contributed by atoms with Crippen LogP contribution in [0, 0.1) is 6.92 Å². The lowest BCUT2D eigenvalue weighted by atomic mass is 10.1. The summed E-state index contributed by atoms with van der Waals surface area (Å²) < 4.78 is 11.0. The molecule has 4 rings (SSSR count). The number of ether oxygens (including phenoxy) is 2. The number of aromatic nitrogens is 2. The molecule has 1 aromatic rings. The highest BCUT2D eigenvalue weighted by Gasteiger charge is 2.27. The van der Waals surface area contributed by atoms with Gasteiger partial charge in [0.2, 0.25) is 5.95 Å². The molecular formula is C17H26N4O2. The fourth-order valence-corrected chi connectivity index (χ4v) is 3.87. The molecular weight excluding hydrogens is 292 g/mol. The Labute approximate surface area is 137 Å². The van der Waals surface area contributed by atoms with E-state index >= 15 is 0 Å². The van der Waals surface area contributed by atoms with E-state index in [4.69, 9.17) is 19.4 Å². The molecule has 2 saturated heterocycles. The van der Waals surface area contributed by atoms with Gasteiger partial charge in [-0.3, -0.25) is 4.90 Å². The van der Waals surface area contributed by atoms with Crippen LogP contribution in [0.25, 0.3) is 0 Å². The van der Waals surface area contributed by atoms with Crippen LogP contribution in [0.1, 0.15) is 23.4 Å². The van der Waals surface area contributed by atoms with Gasteiger partial charge in [0.15, 0.2) is 0 Å². The fourth-order valence-electron chi connectivity index (χ4n) is 3.87. The van der Waals surface area contributed by atoms with Gasteiger partial charge in [-0.25, -0.2) is 9.97 Å². The Bertz CT molecular complexity index is 554. The van der Waals surface area contributed by atoms with Crippen LogP contribution in [0.3, 0.4) is 0 Å². The highest BCUT2D eigenvalue weighted by atomic mass is 16.5. The zero-order valence-electron chi connectivity index (χ0n) is 14.0. The number of nitrogens with zero attached hydrogens (tertiary/aromatic N) is 4. The van der Waals surface area contributed by atoms with Crippen molar-refractivity contribution in [2.24, 2.45) is 0 Å². The van der Waals surface area contributed by atoms with Gasteiger partial charge in [-0.15, -0.1) is 0 Å². The summed E-state index contributed by atoms with van der Waals surface area (Å²) in [7, 11) is 0. The van der Waals surface area contributed by atoms with Crippen LogP contribution in [-0.4, -0.2) is 73.5 Å².